The molecule has 1 aromatic carbocycles. The van der Waals surface area contributed by atoms with Crippen molar-refractivity contribution < 1.29 is 0 Å². The van der Waals surface area contributed by atoms with Gasteiger partial charge in [0.05, 0.1) is 5.38 Å². The summed E-state index contributed by atoms with van der Waals surface area (Å²) < 4.78 is 0. The molecule has 1 aromatic heterocycles. The first-order chi connectivity index (χ1) is 6.83. The van der Waals surface area contributed by atoms with Crippen LogP contribution < -0.4 is 0 Å². The van der Waals surface area contributed by atoms with E-state index in [1.807, 2.05) is 30.5 Å². The van der Waals surface area contributed by atoms with Crippen molar-refractivity contribution in [3.8, 4) is 0 Å². The molecule has 0 amide bonds. The Kier molecular flexibility index (Phi) is 2.51. The number of halogens is 1. The van der Waals surface area contributed by atoms with Crippen LogP contribution in [0.25, 0.3) is 10.8 Å². The van der Waals surface area contributed by atoms with Crippen LogP contribution in [0.5, 0.6) is 0 Å². The van der Waals surface area contributed by atoms with Gasteiger partial charge >= 0.3 is 0 Å². The van der Waals surface area contributed by atoms with Gasteiger partial charge in [-0.2, -0.15) is 0 Å². The summed E-state index contributed by atoms with van der Waals surface area (Å²) in [6, 6.07) is 8.00. The Morgan fingerprint density at radius 2 is 2.21 bits per heavy atom. The summed E-state index contributed by atoms with van der Waals surface area (Å²) in [6.07, 6.45) is 5.35. The summed E-state index contributed by atoms with van der Waals surface area (Å²) in [5.41, 5.74) is 1.08. The zero-order chi connectivity index (χ0) is 9.97. The summed E-state index contributed by atoms with van der Waals surface area (Å²) in [4.78, 5) is 4.07. The lowest BCUT2D eigenvalue weighted by molar-refractivity contribution is 1.24. The molecule has 0 fully saturated rings. The fraction of sp³-hybridized carbons (Fsp3) is 0.0833. The Morgan fingerprint density at radius 3 is 3.00 bits per heavy atom. The maximum absolute atomic E-state index is 6.13. The minimum Gasteiger partial charge on any atom is -0.264 e. The molecule has 0 spiro atoms. The first-order valence-electron chi connectivity index (χ1n) is 4.42. The molecule has 2 rings (SSSR count). The highest BCUT2D eigenvalue weighted by molar-refractivity contribution is 6.22. The van der Waals surface area contributed by atoms with Gasteiger partial charge in [-0.1, -0.05) is 24.3 Å². The minimum atomic E-state index is -0.138. The third-order valence-electron chi connectivity index (χ3n) is 2.22. The Morgan fingerprint density at radius 1 is 1.36 bits per heavy atom. The van der Waals surface area contributed by atoms with Crippen molar-refractivity contribution in [1.29, 1.82) is 0 Å². The molecule has 0 radical (unpaired) electrons. The fourth-order valence-corrected chi connectivity index (χ4v) is 1.71. The van der Waals surface area contributed by atoms with Crippen LogP contribution in [-0.2, 0) is 0 Å². The molecular weight excluding hydrogens is 194 g/mol. The number of benzene rings is 1. The van der Waals surface area contributed by atoms with Gasteiger partial charge in [0.2, 0.25) is 0 Å². The Labute approximate surface area is 88.0 Å². The minimum absolute atomic E-state index is 0.138. The molecule has 1 unspecified atom stereocenters. The smallest absolute Gasteiger partial charge is 0.0769 e. The third kappa shape index (κ3) is 1.51. The lowest BCUT2D eigenvalue weighted by Crippen LogP contribution is -1.88. The topological polar surface area (TPSA) is 12.9 Å². The molecule has 1 heterocycles. The standard InChI is InChI=1S/C12H10ClN/c1-2-12(13)11-5-3-4-9-8-14-7-6-10(9)11/h2-8,12H,1H2. The fourth-order valence-electron chi connectivity index (χ4n) is 1.52. The van der Waals surface area contributed by atoms with Crippen molar-refractivity contribution in [1.82, 2.24) is 4.98 Å². The zero-order valence-electron chi connectivity index (χ0n) is 7.65. The highest BCUT2D eigenvalue weighted by Crippen LogP contribution is 2.28. The van der Waals surface area contributed by atoms with Crippen LogP contribution in [0.1, 0.15) is 10.9 Å². The van der Waals surface area contributed by atoms with Crippen LogP contribution in [0, 0.1) is 0 Å². The van der Waals surface area contributed by atoms with E-state index in [-0.39, 0.29) is 5.38 Å². The maximum Gasteiger partial charge on any atom is 0.0769 e. The van der Waals surface area contributed by atoms with Gasteiger partial charge in [-0.3, -0.25) is 4.98 Å². The largest absolute Gasteiger partial charge is 0.264 e. The van der Waals surface area contributed by atoms with Crippen LogP contribution >= 0.6 is 11.6 Å². The van der Waals surface area contributed by atoms with E-state index in [1.165, 1.54) is 0 Å². The van der Waals surface area contributed by atoms with Gasteiger partial charge in [0, 0.05) is 17.8 Å². The number of fused-ring (bicyclic) bond motifs is 1. The van der Waals surface area contributed by atoms with E-state index in [2.05, 4.69) is 11.6 Å². The molecule has 0 aliphatic rings. The molecule has 70 valence electrons. The quantitative estimate of drug-likeness (QED) is 0.536. The van der Waals surface area contributed by atoms with Gasteiger partial charge < -0.3 is 0 Å². The highest BCUT2D eigenvalue weighted by Gasteiger charge is 2.06. The van der Waals surface area contributed by atoms with Crippen LogP contribution in [0.15, 0.2) is 49.3 Å². The molecule has 0 aliphatic carbocycles. The summed E-state index contributed by atoms with van der Waals surface area (Å²) in [5, 5.41) is 2.11. The van der Waals surface area contributed by atoms with Gasteiger partial charge in [0.15, 0.2) is 0 Å². The van der Waals surface area contributed by atoms with Crippen molar-refractivity contribution in [2.45, 2.75) is 5.38 Å². The second kappa shape index (κ2) is 3.81. The summed E-state index contributed by atoms with van der Waals surface area (Å²) in [6.45, 7) is 3.70. The Balaban J connectivity index is 2.70. The molecule has 0 bridgehead atoms. The first kappa shape index (κ1) is 9.22. The van der Waals surface area contributed by atoms with Crippen molar-refractivity contribution in [2.75, 3.05) is 0 Å². The van der Waals surface area contributed by atoms with Crippen LogP contribution in [0.2, 0.25) is 0 Å². The Bertz CT molecular complexity index is 459. The number of pyridine rings is 1. The lowest BCUT2D eigenvalue weighted by atomic mass is 10.0. The lowest BCUT2D eigenvalue weighted by Gasteiger charge is -2.07. The van der Waals surface area contributed by atoms with Gasteiger partial charge in [-0.05, 0) is 17.0 Å². The van der Waals surface area contributed by atoms with E-state index in [0.717, 1.165) is 16.3 Å². The number of hydrogen-bond acceptors (Lipinski definition) is 1. The first-order valence-corrected chi connectivity index (χ1v) is 4.86. The van der Waals surface area contributed by atoms with E-state index in [1.54, 1.807) is 12.3 Å². The number of alkyl halides is 1. The second-order valence-corrected chi connectivity index (χ2v) is 3.55. The summed E-state index contributed by atoms with van der Waals surface area (Å²) in [7, 11) is 0. The molecule has 0 saturated carbocycles. The molecule has 14 heavy (non-hydrogen) atoms. The summed E-state index contributed by atoms with van der Waals surface area (Å²) >= 11 is 6.13. The number of aromatic nitrogens is 1. The molecule has 1 nitrogen and oxygen atoms in total. The van der Waals surface area contributed by atoms with Gasteiger partial charge in [0.1, 0.15) is 0 Å². The van der Waals surface area contributed by atoms with Crippen molar-refractivity contribution in [2.24, 2.45) is 0 Å². The van der Waals surface area contributed by atoms with Crippen molar-refractivity contribution in [3.63, 3.8) is 0 Å². The predicted octanol–water partition coefficient (Wildman–Crippen LogP) is 3.70. The maximum atomic E-state index is 6.13. The van der Waals surface area contributed by atoms with E-state index < -0.39 is 0 Å². The predicted molar refractivity (Wildman–Crippen MR) is 60.5 cm³/mol. The van der Waals surface area contributed by atoms with E-state index >= 15 is 0 Å². The van der Waals surface area contributed by atoms with Crippen LogP contribution in [0.3, 0.4) is 0 Å². The monoisotopic (exact) mass is 203 g/mol. The average molecular weight is 204 g/mol. The highest BCUT2D eigenvalue weighted by atomic mass is 35.5. The zero-order valence-corrected chi connectivity index (χ0v) is 8.41. The second-order valence-electron chi connectivity index (χ2n) is 3.08. The molecule has 0 N–H and O–H groups in total. The molecule has 0 aliphatic heterocycles. The average Bonchev–Trinajstić information content (AvgIpc) is 2.27. The number of allylic oxidation sites excluding steroid dienone is 1. The van der Waals surface area contributed by atoms with E-state index in [0.29, 0.717) is 0 Å². The van der Waals surface area contributed by atoms with Crippen molar-refractivity contribution in [3.05, 3.63) is 54.9 Å². The van der Waals surface area contributed by atoms with Gasteiger partial charge in [-0.25, -0.2) is 0 Å². The Hall–Kier alpha value is -1.34. The number of rotatable bonds is 2. The van der Waals surface area contributed by atoms with E-state index in [4.69, 9.17) is 11.6 Å². The third-order valence-corrected chi connectivity index (χ3v) is 2.63. The number of hydrogen-bond donors (Lipinski definition) is 0. The molecule has 2 aromatic rings. The van der Waals surface area contributed by atoms with Crippen LogP contribution in [-0.4, -0.2) is 4.98 Å². The SMILES string of the molecule is C=CC(Cl)c1cccc2cnccc12. The molecular formula is C12H10ClN. The van der Waals surface area contributed by atoms with Crippen molar-refractivity contribution >= 4 is 22.4 Å². The van der Waals surface area contributed by atoms with E-state index in [9.17, 15) is 0 Å². The number of nitrogens with zero attached hydrogens (tertiary/aromatic N) is 1. The normalized spacial score (nSPS) is 12.6. The molecule has 2 heteroatoms. The van der Waals surface area contributed by atoms with Crippen LogP contribution in [0.4, 0.5) is 0 Å². The van der Waals surface area contributed by atoms with Gasteiger partial charge in [-0.15, -0.1) is 18.2 Å². The molecule has 1 atom stereocenters. The van der Waals surface area contributed by atoms with Gasteiger partial charge in [0.25, 0.3) is 0 Å². The molecule has 0 saturated heterocycles. The summed E-state index contributed by atoms with van der Waals surface area (Å²) in [5.74, 6) is 0.